The molecule has 0 aromatic heterocycles. The Morgan fingerprint density at radius 2 is 1.67 bits per heavy atom. The fraction of sp³-hybridized carbons (Fsp3) is 0.440. The van der Waals surface area contributed by atoms with Crippen molar-refractivity contribution in [2.45, 2.75) is 57.5 Å². The highest BCUT2D eigenvalue weighted by atomic mass is 35.5. The molecule has 0 bridgehead atoms. The third-order valence-corrected chi connectivity index (χ3v) is 6.81. The molecule has 1 saturated heterocycles. The molecule has 2 fully saturated rings. The molecule has 5 heteroatoms. The first-order valence-corrected chi connectivity index (χ1v) is 11.3. The van der Waals surface area contributed by atoms with E-state index >= 15 is 0 Å². The van der Waals surface area contributed by atoms with Crippen LogP contribution >= 0.6 is 11.6 Å². The van der Waals surface area contributed by atoms with Gasteiger partial charge in [0, 0.05) is 17.6 Å². The summed E-state index contributed by atoms with van der Waals surface area (Å²) >= 11 is 6.32. The smallest absolute Gasteiger partial charge is 0.250 e. The van der Waals surface area contributed by atoms with Gasteiger partial charge in [0.1, 0.15) is 12.6 Å². The van der Waals surface area contributed by atoms with Gasteiger partial charge < -0.3 is 9.80 Å². The van der Waals surface area contributed by atoms with Gasteiger partial charge in [-0.25, -0.2) is 0 Å². The summed E-state index contributed by atoms with van der Waals surface area (Å²) in [6.45, 7) is 2.70. The van der Waals surface area contributed by atoms with Gasteiger partial charge in [0.25, 0.3) is 5.91 Å². The molecule has 0 unspecified atom stereocenters. The van der Waals surface area contributed by atoms with Crippen molar-refractivity contribution in [3.8, 4) is 0 Å². The lowest BCUT2D eigenvalue weighted by atomic mass is 9.91. The second kappa shape index (κ2) is 9.22. The minimum atomic E-state index is -0.559. The molecule has 30 heavy (non-hydrogen) atoms. The van der Waals surface area contributed by atoms with Crippen LogP contribution in [0.1, 0.15) is 54.8 Å². The number of carbonyl (C=O) groups excluding carboxylic acids is 2. The Balaban J connectivity index is 1.61. The van der Waals surface area contributed by atoms with Crippen molar-refractivity contribution in [1.29, 1.82) is 0 Å². The van der Waals surface area contributed by atoms with Crippen molar-refractivity contribution in [1.82, 2.24) is 9.80 Å². The van der Waals surface area contributed by atoms with E-state index in [9.17, 15) is 9.59 Å². The summed E-state index contributed by atoms with van der Waals surface area (Å²) in [4.78, 5) is 30.5. The molecular weight excluding hydrogens is 396 g/mol. The fourth-order valence-electron chi connectivity index (χ4n) is 4.72. The average Bonchev–Trinajstić information content (AvgIpc) is 2.76. The monoisotopic (exact) mass is 424 g/mol. The maximum Gasteiger partial charge on any atom is 0.250 e. The number of carbonyl (C=O) groups is 2. The molecule has 4 nitrogen and oxygen atoms in total. The maximum absolute atomic E-state index is 13.7. The molecular formula is C25H29ClN2O2. The molecule has 2 aromatic rings. The van der Waals surface area contributed by atoms with Gasteiger partial charge in [-0.2, -0.15) is 0 Å². The van der Waals surface area contributed by atoms with Crippen LogP contribution in [-0.4, -0.2) is 40.7 Å². The quantitative estimate of drug-likeness (QED) is 0.682. The number of benzene rings is 2. The Morgan fingerprint density at radius 3 is 2.37 bits per heavy atom. The molecule has 1 atom stereocenters. The van der Waals surface area contributed by atoms with E-state index in [2.05, 4.69) is 0 Å². The van der Waals surface area contributed by atoms with Crippen molar-refractivity contribution < 1.29 is 9.59 Å². The van der Waals surface area contributed by atoms with Crippen LogP contribution in [-0.2, 0) is 16.0 Å². The summed E-state index contributed by atoms with van der Waals surface area (Å²) in [6, 6.07) is 15.3. The van der Waals surface area contributed by atoms with Gasteiger partial charge in [0.2, 0.25) is 5.91 Å². The summed E-state index contributed by atoms with van der Waals surface area (Å²) in [7, 11) is 0. The van der Waals surface area contributed by atoms with Crippen molar-refractivity contribution in [2.24, 2.45) is 0 Å². The Kier molecular flexibility index (Phi) is 6.43. The Bertz CT molecular complexity index is 906. The minimum absolute atomic E-state index is 0.0257. The third-order valence-electron chi connectivity index (χ3n) is 6.44. The van der Waals surface area contributed by atoms with Crippen LogP contribution in [0.15, 0.2) is 48.5 Å². The summed E-state index contributed by atoms with van der Waals surface area (Å²) in [5, 5.41) is 0.698. The van der Waals surface area contributed by atoms with Crippen molar-refractivity contribution in [3.05, 3.63) is 70.2 Å². The van der Waals surface area contributed by atoms with E-state index in [4.69, 9.17) is 11.6 Å². The SMILES string of the molecule is Cc1ccc([C@@H]2C(=O)N(C3CCCCC3)CC(=O)N2CCc2ccccc2Cl)cc1. The van der Waals surface area contributed by atoms with Gasteiger partial charge in [-0.05, 0) is 43.4 Å². The van der Waals surface area contributed by atoms with Crippen LogP contribution in [0.2, 0.25) is 5.02 Å². The van der Waals surface area contributed by atoms with E-state index in [1.807, 2.05) is 60.4 Å². The van der Waals surface area contributed by atoms with Gasteiger partial charge in [-0.15, -0.1) is 0 Å². The van der Waals surface area contributed by atoms with Crippen LogP contribution in [0, 0.1) is 6.92 Å². The molecule has 4 rings (SSSR count). The number of aryl methyl sites for hydroxylation is 1. The zero-order valence-electron chi connectivity index (χ0n) is 17.5. The highest BCUT2D eigenvalue weighted by Crippen LogP contribution is 2.33. The molecule has 2 amide bonds. The van der Waals surface area contributed by atoms with E-state index in [1.165, 1.54) is 6.42 Å². The van der Waals surface area contributed by atoms with Gasteiger partial charge in [0.05, 0.1) is 0 Å². The van der Waals surface area contributed by atoms with Crippen LogP contribution < -0.4 is 0 Å². The summed E-state index contributed by atoms with van der Waals surface area (Å²) in [5.74, 6) is 0.0855. The predicted molar refractivity (Wildman–Crippen MR) is 119 cm³/mol. The predicted octanol–water partition coefficient (Wildman–Crippen LogP) is 4.94. The Morgan fingerprint density at radius 1 is 0.967 bits per heavy atom. The second-order valence-electron chi connectivity index (χ2n) is 8.50. The summed E-state index contributed by atoms with van der Waals surface area (Å²) < 4.78 is 0. The van der Waals surface area contributed by atoms with E-state index < -0.39 is 6.04 Å². The highest BCUT2D eigenvalue weighted by molar-refractivity contribution is 6.31. The number of amides is 2. The normalized spacial score (nSPS) is 20.7. The maximum atomic E-state index is 13.7. The van der Waals surface area contributed by atoms with Crippen LogP contribution in [0.4, 0.5) is 0 Å². The summed E-state index contributed by atoms with van der Waals surface area (Å²) in [5.41, 5.74) is 3.02. The molecule has 2 aliphatic rings. The van der Waals surface area contributed by atoms with Crippen molar-refractivity contribution >= 4 is 23.4 Å². The zero-order chi connectivity index (χ0) is 21.1. The van der Waals surface area contributed by atoms with E-state index in [1.54, 1.807) is 4.90 Å². The molecule has 0 spiro atoms. The largest absolute Gasteiger partial charge is 0.328 e. The zero-order valence-corrected chi connectivity index (χ0v) is 18.3. The first-order valence-electron chi connectivity index (χ1n) is 10.9. The van der Waals surface area contributed by atoms with Gasteiger partial charge in [-0.1, -0.05) is 78.9 Å². The van der Waals surface area contributed by atoms with Crippen LogP contribution in [0.5, 0.6) is 0 Å². The van der Waals surface area contributed by atoms with Crippen LogP contribution in [0.3, 0.4) is 0 Å². The molecule has 1 saturated carbocycles. The molecule has 1 aliphatic carbocycles. The first-order chi connectivity index (χ1) is 14.5. The topological polar surface area (TPSA) is 40.6 Å². The lowest BCUT2D eigenvalue weighted by Crippen LogP contribution is -2.58. The minimum Gasteiger partial charge on any atom is -0.328 e. The van der Waals surface area contributed by atoms with Gasteiger partial charge >= 0.3 is 0 Å². The number of nitrogens with zero attached hydrogens (tertiary/aromatic N) is 2. The number of hydrogen-bond acceptors (Lipinski definition) is 2. The number of hydrogen-bond donors (Lipinski definition) is 0. The fourth-order valence-corrected chi connectivity index (χ4v) is 4.95. The Hall–Kier alpha value is -2.33. The van der Waals surface area contributed by atoms with Gasteiger partial charge in [-0.3, -0.25) is 9.59 Å². The second-order valence-corrected chi connectivity index (χ2v) is 8.91. The van der Waals surface area contributed by atoms with Crippen molar-refractivity contribution in [2.75, 3.05) is 13.1 Å². The van der Waals surface area contributed by atoms with E-state index in [-0.39, 0.29) is 24.4 Å². The molecule has 1 aliphatic heterocycles. The van der Waals surface area contributed by atoms with Crippen molar-refractivity contribution in [3.63, 3.8) is 0 Å². The number of piperazine rings is 1. The summed E-state index contributed by atoms with van der Waals surface area (Å²) in [6.07, 6.45) is 6.11. The van der Waals surface area contributed by atoms with Crippen LogP contribution in [0.25, 0.3) is 0 Å². The molecule has 158 valence electrons. The molecule has 0 radical (unpaired) electrons. The lowest BCUT2D eigenvalue weighted by Gasteiger charge is -2.44. The number of halogens is 1. The van der Waals surface area contributed by atoms with Gasteiger partial charge in [0.15, 0.2) is 0 Å². The van der Waals surface area contributed by atoms with E-state index in [0.29, 0.717) is 18.0 Å². The standard InChI is InChI=1S/C25H29ClN2O2/c1-18-11-13-20(14-12-18)24-25(30)28(21-8-3-2-4-9-21)17-23(29)27(24)16-15-19-7-5-6-10-22(19)26/h5-7,10-14,21,24H,2-4,8-9,15-17H2,1H3/t24-/m1/s1. The molecule has 1 heterocycles. The number of rotatable bonds is 5. The highest BCUT2D eigenvalue weighted by Gasteiger charge is 2.42. The molecule has 0 N–H and O–H groups in total. The molecule has 2 aromatic carbocycles. The lowest BCUT2D eigenvalue weighted by molar-refractivity contribution is -0.159. The average molecular weight is 425 g/mol. The van der Waals surface area contributed by atoms with E-state index in [0.717, 1.165) is 42.4 Å². The first kappa shape index (κ1) is 20.9. The third kappa shape index (κ3) is 4.39. The Labute approximate surface area is 183 Å².